The second kappa shape index (κ2) is 17.6. The molecule has 0 saturated heterocycles. The van der Waals surface area contributed by atoms with Crippen molar-refractivity contribution in [3.63, 3.8) is 0 Å². The molecule has 0 radical (unpaired) electrons. The Kier molecular flexibility index (Phi) is 13.8. The van der Waals surface area contributed by atoms with Crippen LogP contribution < -0.4 is 14.8 Å². The molecule has 0 spiro atoms. The number of anilines is 2. The monoisotopic (exact) mass is 768 g/mol. The van der Waals surface area contributed by atoms with Gasteiger partial charge in [0, 0.05) is 49.1 Å². The number of sulfonamides is 1. The first-order chi connectivity index (χ1) is 24.5. The number of benzene rings is 3. The van der Waals surface area contributed by atoms with E-state index < -0.39 is 51.8 Å². The summed E-state index contributed by atoms with van der Waals surface area (Å²) in [4.78, 5) is 30.2. The lowest BCUT2D eigenvalue weighted by Gasteiger charge is -2.35. The Morgan fingerprint density at radius 3 is 2.35 bits per heavy atom. The van der Waals surface area contributed by atoms with E-state index in [1.54, 1.807) is 6.92 Å². The predicted molar refractivity (Wildman–Crippen MR) is 192 cm³/mol. The van der Waals surface area contributed by atoms with Crippen LogP contribution in [-0.4, -0.2) is 86.9 Å². The first kappa shape index (κ1) is 40.7. The van der Waals surface area contributed by atoms with Crippen LogP contribution in [0.3, 0.4) is 0 Å². The highest BCUT2D eigenvalue weighted by Crippen LogP contribution is 2.31. The first-order valence-corrected chi connectivity index (χ1v) is 18.7. The molecule has 284 valence electrons. The quantitative estimate of drug-likeness (QED) is 0.222. The van der Waals surface area contributed by atoms with Crippen molar-refractivity contribution in [3.05, 3.63) is 82.9 Å². The van der Waals surface area contributed by atoms with Crippen LogP contribution in [0.15, 0.2) is 71.6 Å². The van der Waals surface area contributed by atoms with Gasteiger partial charge >= 0.3 is 12.2 Å². The lowest BCUT2D eigenvalue weighted by atomic mass is 10.0. The van der Waals surface area contributed by atoms with Gasteiger partial charge in [0.15, 0.2) is 0 Å². The molecular weight excluding hydrogens is 725 g/mol. The number of alkyl halides is 3. The van der Waals surface area contributed by atoms with Gasteiger partial charge in [-0.05, 0) is 99.8 Å². The molecule has 4 rings (SSSR count). The molecule has 3 aromatic carbocycles. The lowest BCUT2D eigenvalue weighted by molar-refractivity contribution is -0.137. The van der Waals surface area contributed by atoms with Crippen molar-refractivity contribution in [2.45, 2.75) is 69.4 Å². The van der Waals surface area contributed by atoms with E-state index in [0.29, 0.717) is 24.5 Å². The molecule has 52 heavy (non-hydrogen) atoms. The summed E-state index contributed by atoms with van der Waals surface area (Å²) in [5.41, 5.74) is -0.455. The molecule has 0 aliphatic carbocycles. The fraction of sp³-hybridized carbons (Fsp3) is 0.444. The maximum atomic E-state index is 14.4. The van der Waals surface area contributed by atoms with Gasteiger partial charge < -0.3 is 29.7 Å². The third kappa shape index (κ3) is 11.0. The Morgan fingerprint density at radius 2 is 1.71 bits per heavy atom. The molecule has 1 aliphatic rings. The maximum Gasteiger partial charge on any atom is 0.416 e. The number of nitrogens with zero attached hydrogens (tertiary/aromatic N) is 2. The van der Waals surface area contributed by atoms with E-state index in [2.05, 4.69) is 10.0 Å². The van der Waals surface area contributed by atoms with Gasteiger partial charge in [-0.25, -0.2) is 13.2 Å². The highest BCUT2D eigenvalue weighted by atomic mass is 35.5. The van der Waals surface area contributed by atoms with Gasteiger partial charge in [0.05, 0.1) is 40.9 Å². The van der Waals surface area contributed by atoms with Gasteiger partial charge in [-0.15, -0.1) is 0 Å². The van der Waals surface area contributed by atoms with Gasteiger partial charge in [0.2, 0.25) is 0 Å². The van der Waals surface area contributed by atoms with Crippen molar-refractivity contribution in [3.8, 4) is 5.75 Å². The summed E-state index contributed by atoms with van der Waals surface area (Å²) in [6.45, 7) is 5.51. The van der Waals surface area contributed by atoms with Crippen LogP contribution in [0.25, 0.3) is 0 Å². The Hall–Kier alpha value is -4.05. The molecule has 0 aromatic heterocycles. The summed E-state index contributed by atoms with van der Waals surface area (Å²) in [6, 6.07) is 12.9. The number of likely N-dealkylation sites (N-methyl/N-ethyl adjacent to an activating group) is 1. The Morgan fingerprint density at radius 1 is 1.06 bits per heavy atom. The molecular formula is C36H44ClF3N4O7S. The fourth-order valence-electron chi connectivity index (χ4n) is 5.59. The van der Waals surface area contributed by atoms with Crippen LogP contribution in [0.4, 0.5) is 29.3 Å². The smallest absolute Gasteiger partial charge is 0.416 e. The van der Waals surface area contributed by atoms with E-state index in [1.165, 1.54) is 71.4 Å². The molecule has 1 heterocycles. The molecule has 3 N–H and O–H groups in total. The van der Waals surface area contributed by atoms with Gasteiger partial charge in [-0.2, -0.15) is 13.2 Å². The topological polar surface area (TPSA) is 138 Å². The molecule has 3 amide bonds. The summed E-state index contributed by atoms with van der Waals surface area (Å²) < 4.78 is 80.3. The molecule has 0 saturated carbocycles. The lowest BCUT2D eigenvalue weighted by Crippen LogP contribution is -2.48. The number of carbonyl (C=O) groups excluding carboxylic acids is 2. The van der Waals surface area contributed by atoms with Gasteiger partial charge in [-0.3, -0.25) is 9.52 Å². The van der Waals surface area contributed by atoms with E-state index in [-0.39, 0.29) is 53.4 Å². The highest BCUT2D eigenvalue weighted by molar-refractivity contribution is 7.92. The van der Waals surface area contributed by atoms with E-state index in [4.69, 9.17) is 21.1 Å². The molecule has 3 aromatic rings. The zero-order chi connectivity index (χ0) is 38.2. The molecule has 0 unspecified atom stereocenters. The van der Waals surface area contributed by atoms with Gasteiger partial charge in [0.1, 0.15) is 5.75 Å². The molecule has 0 bridgehead atoms. The summed E-state index contributed by atoms with van der Waals surface area (Å²) in [6.07, 6.45) is -3.39. The Bertz CT molecular complexity index is 1780. The molecule has 0 fully saturated rings. The van der Waals surface area contributed by atoms with Crippen LogP contribution in [0.1, 0.15) is 56.0 Å². The van der Waals surface area contributed by atoms with Crippen molar-refractivity contribution in [2.24, 2.45) is 5.92 Å². The van der Waals surface area contributed by atoms with Crippen molar-refractivity contribution < 1.29 is 45.8 Å². The average Bonchev–Trinajstić information content (AvgIpc) is 3.09. The number of carbonyl (C=O) groups is 2. The summed E-state index contributed by atoms with van der Waals surface area (Å²) in [5.74, 6) is -0.663. The number of hydrogen-bond acceptors (Lipinski definition) is 7. The largest absolute Gasteiger partial charge is 0.490 e. The third-order valence-corrected chi connectivity index (χ3v) is 10.3. The number of nitrogens with one attached hydrogen (secondary N) is 2. The summed E-state index contributed by atoms with van der Waals surface area (Å²) in [5, 5.41) is 13.2. The van der Waals surface area contributed by atoms with Crippen molar-refractivity contribution in [2.75, 3.05) is 43.4 Å². The third-order valence-electron chi connectivity index (χ3n) is 8.69. The zero-order valence-electron chi connectivity index (χ0n) is 29.3. The minimum atomic E-state index is -4.51. The van der Waals surface area contributed by atoms with Gasteiger partial charge in [-0.1, -0.05) is 18.5 Å². The van der Waals surface area contributed by atoms with Crippen molar-refractivity contribution >= 4 is 44.9 Å². The average molecular weight is 769 g/mol. The van der Waals surface area contributed by atoms with E-state index in [0.717, 1.165) is 18.6 Å². The predicted octanol–water partition coefficient (Wildman–Crippen LogP) is 7.12. The van der Waals surface area contributed by atoms with Crippen LogP contribution in [0.2, 0.25) is 5.02 Å². The Balaban J connectivity index is 1.59. The van der Waals surface area contributed by atoms with Crippen LogP contribution in [-0.2, 0) is 20.9 Å². The number of ether oxygens (including phenoxy) is 2. The molecule has 4 atom stereocenters. The Labute approximate surface area is 307 Å². The second-order valence-corrected chi connectivity index (χ2v) is 15.1. The molecule has 11 nitrogen and oxygen atoms in total. The van der Waals surface area contributed by atoms with E-state index >= 15 is 0 Å². The molecule has 16 heteroatoms. The SMILES string of the molecule is C[C@@H]1CCCCO[C@@H](CN(C)C(=O)Nc2ccc(C(F)(F)F)cc2)[C@@H](C)CN([C@H](C)CO)C(=O)c2cc(NS(=O)(=O)c3ccc(Cl)cc3)ccc2O1. The number of rotatable bonds is 8. The van der Waals surface area contributed by atoms with Crippen LogP contribution in [0.5, 0.6) is 5.75 Å². The van der Waals surface area contributed by atoms with E-state index in [9.17, 15) is 36.3 Å². The number of amides is 3. The maximum absolute atomic E-state index is 14.4. The standard InChI is InChI=1S/C36H44ClF3N4O7S/c1-23-20-44(24(2)22-45)34(46)31-19-29(42-52(48,49)30-15-10-27(37)11-16-30)14-17-32(31)51-25(3)7-5-6-18-50-33(23)21-43(4)35(47)41-28-12-8-26(9-13-28)36(38,39)40/h8-17,19,23-25,33,42,45H,5-7,18,20-22H2,1-4H3,(H,41,47)/t23-,24+,25+,33-/m0/s1. The number of aliphatic hydroxyl groups excluding tert-OH is 1. The van der Waals surface area contributed by atoms with E-state index in [1.807, 2.05) is 13.8 Å². The van der Waals surface area contributed by atoms with Gasteiger partial charge in [0.25, 0.3) is 15.9 Å². The number of hydrogen-bond donors (Lipinski definition) is 3. The fourth-order valence-corrected chi connectivity index (χ4v) is 6.77. The minimum Gasteiger partial charge on any atom is -0.490 e. The minimum absolute atomic E-state index is 0.0263. The normalized spacial score (nSPS) is 19.8. The number of halogens is 4. The highest BCUT2D eigenvalue weighted by Gasteiger charge is 2.32. The second-order valence-electron chi connectivity index (χ2n) is 13.0. The zero-order valence-corrected chi connectivity index (χ0v) is 30.9. The van der Waals surface area contributed by atoms with Crippen molar-refractivity contribution in [1.29, 1.82) is 0 Å². The van der Waals surface area contributed by atoms with Crippen molar-refractivity contribution in [1.82, 2.24) is 9.80 Å². The molecule has 1 aliphatic heterocycles. The van der Waals surface area contributed by atoms with Crippen LogP contribution in [0, 0.1) is 5.92 Å². The first-order valence-electron chi connectivity index (χ1n) is 16.8. The van der Waals surface area contributed by atoms with Crippen LogP contribution >= 0.6 is 11.6 Å². The summed E-state index contributed by atoms with van der Waals surface area (Å²) >= 11 is 5.93. The number of fused-ring (bicyclic) bond motifs is 1. The number of aliphatic hydroxyl groups is 1. The number of urea groups is 1. The summed E-state index contributed by atoms with van der Waals surface area (Å²) in [7, 11) is -2.51.